The fourth-order valence-electron chi connectivity index (χ4n) is 4.99. The maximum Gasteiger partial charge on any atom is 0.254 e. The molecule has 1 aromatic rings. The lowest BCUT2D eigenvalue weighted by Gasteiger charge is -2.18. The Labute approximate surface area is 140 Å². The molecule has 0 radical (unpaired) electrons. The van der Waals surface area contributed by atoms with E-state index in [1.807, 2.05) is 24.3 Å². The van der Waals surface area contributed by atoms with E-state index >= 15 is 0 Å². The van der Waals surface area contributed by atoms with Crippen LogP contribution in [-0.4, -0.2) is 30.1 Å². The minimum absolute atomic E-state index is 0.127. The van der Waals surface area contributed by atoms with Gasteiger partial charge in [-0.15, -0.1) is 0 Å². The molecule has 2 amide bonds. The average Bonchev–Trinajstić information content (AvgIpc) is 3.21. The van der Waals surface area contributed by atoms with Crippen molar-refractivity contribution in [3.8, 4) is 5.75 Å². The maximum atomic E-state index is 12.8. The number of fused-ring (bicyclic) bond motifs is 3. The van der Waals surface area contributed by atoms with E-state index in [1.165, 1.54) is 0 Å². The lowest BCUT2D eigenvalue weighted by atomic mass is 9.85. The highest BCUT2D eigenvalue weighted by molar-refractivity contribution is 6.07. The maximum absolute atomic E-state index is 12.8. The molecule has 3 aliphatic carbocycles. The number of rotatable bonds is 3. The van der Waals surface area contributed by atoms with Gasteiger partial charge in [0.15, 0.2) is 0 Å². The van der Waals surface area contributed by atoms with Crippen LogP contribution in [-0.2, 0) is 9.59 Å². The summed E-state index contributed by atoms with van der Waals surface area (Å²) in [6.45, 7) is 0. The van der Waals surface area contributed by atoms with Crippen LogP contribution in [0.25, 0.3) is 0 Å². The molecule has 4 atom stereocenters. The van der Waals surface area contributed by atoms with Crippen molar-refractivity contribution in [3.05, 3.63) is 42.0 Å². The van der Waals surface area contributed by atoms with Crippen molar-refractivity contribution in [2.24, 2.45) is 34.2 Å². The van der Waals surface area contributed by atoms with E-state index in [1.54, 1.807) is 13.3 Å². The Kier molecular flexibility index (Phi) is 2.65. The number of ether oxygens (including phenoxy) is 1. The van der Waals surface area contributed by atoms with Crippen molar-refractivity contribution in [2.75, 3.05) is 7.11 Å². The van der Waals surface area contributed by atoms with Gasteiger partial charge in [0, 0.05) is 0 Å². The fraction of sp³-hybridized carbons (Fsp3) is 0.421. The van der Waals surface area contributed by atoms with Crippen molar-refractivity contribution in [1.82, 2.24) is 5.01 Å². The summed E-state index contributed by atoms with van der Waals surface area (Å²) in [5.74, 6) is 0.601. The van der Waals surface area contributed by atoms with Gasteiger partial charge >= 0.3 is 0 Å². The quantitative estimate of drug-likeness (QED) is 0.487. The van der Waals surface area contributed by atoms with Gasteiger partial charge in [-0.3, -0.25) is 9.59 Å². The second-order valence-electron chi connectivity index (χ2n) is 7.23. The first-order chi connectivity index (χ1) is 11.7. The lowest BCUT2D eigenvalue weighted by Crippen LogP contribution is -2.30. The van der Waals surface area contributed by atoms with Gasteiger partial charge in [-0.2, -0.15) is 10.1 Å². The lowest BCUT2D eigenvalue weighted by molar-refractivity contribution is -0.141. The van der Waals surface area contributed by atoms with Gasteiger partial charge in [0.25, 0.3) is 11.8 Å². The Hall–Kier alpha value is -2.43. The number of imide groups is 1. The van der Waals surface area contributed by atoms with Crippen molar-refractivity contribution in [1.29, 1.82) is 0 Å². The number of hydrogen-bond acceptors (Lipinski definition) is 4. The first kappa shape index (κ1) is 14.0. The molecule has 2 saturated carbocycles. The van der Waals surface area contributed by atoms with Crippen LogP contribution in [0.2, 0.25) is 0 Å². The summed E-state index contributed by atoms with van der Waals surface area (Å²) in [5, 5.41) is 5.30. The summed E-state index contributed by atoms with van der Waals surface area (Å²) in [5.41, 5.74) is 1.06. The highest BCUT2D eigenvalue weighted by Crippen LogP contribution is 2.73. The number of nitrogens with zero attached hydrogens (tertiary/aromatic N) is 2. The largest absolute Gasteiger partial charge is 0.497 e. The third kappa shape index (κ3) is 1.62. The summed E-state index contributed by atoms with van der Waals surface area (Å²) in [7, 11) is 1.61. The van der Waals surface area contributed by atoms with E-state index in [2.05, 4.69) is 17.3 Å². The molecular weight excluding hydrogens is 304 g/mol. The van der Waals surface area contributed by atoms with Gasteiger partial charge < -0.3 is 4.74 Å². The van der Waals surface area contributed by atoms with Crippen LogP contribution in [0.4, 0.5) is 0 Å². The summed E-state index contributed by atoms with van der Waals surface area (Å²) >= 11 is 0. The SMILES string of the molecule is COc1ccc(/C=N\N2C(=O)[C@@H]3[C@H](C2=O)[C@@H]2C=C[C@@H]3C23CC3)cc1. The van der Waals surface area contributed by atoms with Crippen LogP contribution in [0.3, 0.4) is 0 Å². The van der Waals surface area contributed by atoms with Crippen LogP contribution in [0.15, 0.2) is 41.5 Å². The van der Waals surface area contributed by atoms with E-state index < -0.39 is 0 Å². The van der Waals surface area contributed by atoms with Crippen molar-refractivity contribution < 1.29 is 14.3 Å². The molecule has 1 aliphatic heterocycles. The molecule has 1 aromatic carbocycles. The third-order valence-corrected chi connectivity index (χ3v) is 6.27. The van der Waals surface area contributed by atoms with Crippen molar-refractivity contribution in [2.45, 2.75) is 12.8 Å². The highest BCUT2D eigenvalue weighted by Gasteiger charge is 2.73. The first-order valence-electron chi connectivity index (χ1n) is 8.40. The minimum atomic E-state index is -0.192. The molecule has 0 N–H and O–H groups in total. The number of hydrazone groups is 1. The normalized spacial score (nSPS) is 34.6. The van der Waals surface area contributed by atoms with Crippen LogP contribution in [0, 0.1) is 29.1 Å². The predicted molar refractivity (Wildman–Crippen MR) is 87.2 cm³/mol. The summed E-state index contributed by atoms with van der Waals surface area (Å²) < 4.78 is 5.12. The van der Waals surface area contributed by atoms with Gasteiger partial charge in [-0.1, -0.05) is 12.2 Å². The number of carbonyl (C=O) groups is 2. The molecule has 24 heavy (non-hydrogen) atoms. The molecule has 2 bridgehead atoms. The van der Waals surface area contributed by atoms with Gasteiger partial charge in [0.2, 0.25) is 0 Å². The zero-order chi connectivity index (χ0) is 16.5. The molecule has 0 unspecified atom stereocenters. The summed E-state index contributed by atoms with van der Waals surface area (Å²) in [4.78, 5) is 25.5. The fourth-order valence-corrected chi connectivity index (χ4v) is 4.99. The Morgan fingerprint density at radius 2 is 1.67 bits per heavy atom. The number of benzene rings is 1. The molecule has 4 aliphatic rings. The smallest absolute Gasteiger partial charge is 0.254 e. The second kappa shape index (κ2) is 4.56. The van der Waals surface area contributed by atoms with Crippen LogP contribution in [0.5, 0.6) is 5.75 Å². The summed E-state index contributed by atoms with van der Waals surface area (Å²) in [6.07, 6.45) is 8.20. The van der Waals surface area contributed by atoms with E-state index in [4.69, 9.17) is 4.74 Å². The van der Waals surface area contributed by atoms with Gasteiger partial charge in [0.1, 0.15) is 5.75 Å². The Balaban J connectivity index is 1.40. The average molecular weight is 322 g/mol. The molecule has 3 fully saturated rings. The number of amides is 2. The second-order valence-corrected chi connectivity index (χ2v) is 7.23. The van der Waals surface area contributed by atoms with E-state index in [0.29, 0.717) is 0 Å². The van der Waals surface area contributed by atoms with Crippen LogP contribution < -0.4 is 4.74 Å². The zero-order valence-electron chi connectivity index (χ0n) is 13.4. The molecule has 122 valence electrons. The van der Waals surface area contributed by atoms with Gasteiger partial charge in [-0.25, -0.2) is 0 Å². The molecule has 1 heterocycles. The summed E-state index contributed by atoms with van der Waals surface area (Å²) in [6, 6.07) is 7.34. The number of methoxy groups -OCH3 is 1. The van der Waals surface area contributed by atoms with Crippen LogP contribution >= 0.6 is 0 Å². The molecular formula is C19H18N2O3. The van der Waals surface area contributed by atoms with Crippen molar-refractivity contribution in [3.63, 3.8) is 0 Å². The van der Waals surface area contributed by atoms with Crippen molar-refractivity contribution >= 4 is 18.0 Å². The molecule has 5 heteroatoms. The van der Waals surface area contributed by atoms with Gasteiger partial charge in [-0.05, 0) is 59.9 Å². The van der Waals surface area contributed by atoms with E-state index in [9.17, 15) is 9.59 Å². The van der Waals surface area contributed by atoms with E-state index in [0.717, 1.165) is 29.2 Å². The third-order valence-electron chi connectivity index (χ3n) is 6.27. The highest BCUT2D eigenvalue weighted by atomic mass is 16.5. The molecule has 1 saturated heterocycles. The molecule has 5 rings (SSSR count). The molecule has 0 aromatic heterocycles. The Bertz CT molecular complexity index is 757. The van der Waals surface area contributed by atoms with Crippen LogP contribution in [0.1, 0.15) is 18.4 Å². The standard InChI is InChI=1S/C19H18N2O3/c1-24-12-4-2-11(3-5-12)10-20-21-17(22)15-13-6-7-14(16(15)18(21)23)19(13)8-9-19/h2-7,10,13-16H,8-9H2,1H3/b20-10-/t13-,14-,15-,16+/m0/s1. The minimum Gasteiger partial charge on any atom is -0.497 e. The first-order valence-corrected chi connectivity index (χ1v) is 8.40. The Morgan fingerprint density at radius 3 is 2.17 bits per heavy atom. The molecule has 5 nitrogen and oxygen atoms in total. The number of allylic oxidation sites excluding steroid dienone is 2. The van der Waals surface area contributed by atoms with E-state index in [-0.39, 0.29) is 40.9 Å². The Morgan fingerprint density at radius 1 is 1.08 bits per heavy atom. The number of hydrogen-bond donors (Lipinski definition) is 0. The van der Waals surface area contributed by atoms with Gasteiger partial charge in [0.05, 0.1) is 25.2 Å². The predicted octanol–water partition coefficient (Wildman–Crippen LogP) is 2.23. The topological polar surface area (TPSA) is 59.0 Å². The number of carbonyl (C=O) groups excluding carboxylic acids is 2. The zero-order valence-corrected chi connectivity index (χ0v) is 13.4. The molecule has 1 spiro atoms. The monoisotopic (exact) mass is 322 g/mol.